The van der Waals surface area contributed by atoms with Crippen molar-refractivity contribution >= 4 is 5.91 Å². The number of amides is 1. The Bertz CT molecular complexity index is 470. The lowest BCUT2D eigenvalue weighted by Gasteiger charge is -2.36. The Labute approximate surface area is 115 Å². The van der Waals surface area contributed by atoms with E-state index < -0.39 is 0 Å². The number of nitrogens with zero attached hydrogens (tertiary/aromatic N) is 2. The summed E-state index contributed by atoms with van der Waals surface area (Å²) in [4.78, 5) is 14.3. The Kier molecular flexibility index (Phi) is 3.72. The zero-order chi connectivity index (χ0) is 14.2. The molecule has 0 spiro atoms. The minimum atomic E-state index is -0.0223. The second kappa shape index (κ2) is 5.00. The molecule has 1 atom stereocenters. The summed E-state index contributed by atoms with van der Waals surface area (Å²) in [6.07, 6.45) is 0. The van der Waals surface area contributed by atoms with Gasteiger partial charge < -0.3 is 14.8 Å². The van der Waals surface area contributed by atoms with Gasteiger partial charge in [0, 0.05) is 30.0 Å². The Morgan fingerprint density at radius 1 is 1.37 bits per heavy atom. The van der Waals surface area contributed by atoms with E-state index in [1.807, 2.05) is 4.90 Å². The molecule has 0 aromatic carbocycles. The summed E-state index contributed by atoms with van der Waals surface area (Å²) in [6, 6.07) is 4.43. The molecule has 1 amide bonds. The average molecular weight is 263 g/mol. The predicted molar refractivity (Wildman–Crippen MR) is 77.1 cm³/mol. The first-order chi connectivity index (χ1) is 8.79. The molecule has 1 aromatic heterocycles. The lowest BCUT2D eigenvalue weighted by Crippen LogP contribution is -2.48. The Hall–Kier alpha value is -1.29. The van der Waals surface area contributed by atoms with Crippen molar-refractivity contribution in [3.8, 4) is 0 Å². The van der Waals surface area contributed by atoms with E-state index in [1.165, 1.54) is 11.4 Å². The van der Waals surface area contributed by atoms with Gasteiger partial charge >= 0.3 is 0 Å². The number of aryl methyl sites for hydroxylation is 1. The predicted octanol–water partition coefficient (Wildman–Crippen LogP) is 2.09. The van der Waals surface area contributed by atoms with E-state index in [-0.39, 0.29) is 17.5 Å². The molecule has 0 bridgehead atoms. The number of aromatic nitrogens is 1. The number of rotatable bonds is 2. The Balaban J connectivity index is 2.05. The van der Waals surface area contributed by atoms with Crippen molar-refractivity contribution in [3.05, 3.63) is 23.5 Å². The lowest BCUT2D eigenvalue weighted by atomic mass is 10.1. The van der Waals surface area contributed by atoms with Crippen LogP contribution in [0, 0.1) is 6.92 Å². The van der Waals surface area contributed by atoms with Gasteiger partial charge in [-0.2, -0.15) is 0 Å². The van der Waals surface area contributed by atoms with Crippen molar-refractivity contribution in [3.63, 3.8) is 0 Å². The lowest BCUT2D eigenvalue weighted by molar-refractivity contribution is -0.133. The first kappa shape index (κ1) is 14.1. The van der Waals surface area contributed by atoms with Crippen LogP contribution in [0.15, 0.2) is 12.1 Å². The van der Waals surface area contributed by atoms with Gasteiger partial charge in [0.15, 0.2) is 0 Å². The van der Waals surface area contributed by atoms with Gasteiger partial charge in [0.25, 0.3) is 0 Å². The third-order valence-electron chi connectivity index (χ3n) is 3.78. The van der Waals surface area contributed by atoms with E-state index in [0.717, 1.165) is 13.1 Å². The van der Waals surface area contributed by atoms with Crippen molar-refractivity contribution in [1.29, 1.82) is 0 Å². The highest BCUT2D eigenvalue weighted by Gasteiger charge is 2.28. The number of hydrogen-bond donors (Lipinski definition) is 1. The Morgan fingerprint density at radius 2 is 2.05 bits per heavy atom. The van der Waals surface area contributed by atoms with Gasteiger partial charge in [0.1, 0.15) is 0 Å². The van der Waals surface area contributed by atoms with Crippen molar-refractivity contribution in [2.24, 2.45) is 0 Å². The zero-order valence-corrected chi connectivity index (χ0v) is 12.7. The van der Waals surface area contributed by atoms with Crippen LogP contribution in [0.1, 0.15) is 45.1 Å². The fraction of sp³-hybridized carbons (Fsp3) is 0.667. The monoisotopic (exact) mass is 263 g/mol. The van der Waals surface area contributed by atoms with Gasteiger partial charge in [-0.3, -0.25) is 4.79 Å². The topological polar surface area (TPSA) is 37.3 Å². The molecule has 4 heteroatoms. The summed E-state index contributed by atoms with van der Waals surface area (Å²) < 4.78 is 2.31. The molecule has 0 saturated carbocycles. The minimum Gasteiger partial charge on any atom is -0.345 e. The van der Waals surface area contributed by atoms with Crippen molar-refractivity contribution in [2.45, 2.75) is 52.7 Å². The first-order valence-electron chi connectivity index (χ1n) is 7.00. The van der Waals surface area contributed by atoms with Gasteiger partial charge in [0.05, 0.1) is 12.6 Å². The highest BCUT2D eigenvalue weighted by molar-refractivity contribution is 5.79. The van der Waals surface area contributed by atoms with E-state index in [0.29, 0.717) is 6.54 Å². The molecule has 1 aliphatic rings. The Morgan fingerprint density at radius 3 is 2.68 bits per heavy atom. The molecule has 1 N–H and O–H groups in total. The number of carbonyl (C=O) groups excluding carboxylic acids is 1. The van der Waals surface area contributed by atoms with Crippen LogP contribution < -0.4 is 5.32 Å². The number of fused-ring (bicyclic) bond motifs is 1. The van der Waals surface area contributed by atoms with Crippen molar-refractivity contribution in [2.75, 3.05) is 13.1 Å². The van der Waals surface area contributed by atoms with Crippen LogP contribution in [0.2, 0.25) is 0 Å². The summed E-state index contributed by atoms with van der Waals surface area (Å²) in [6.45, 7) is 12.6. The van der Waals surface area contributed by atoms with E-state index in [4.69, 9.17) is 0 Å². The molecule has 1 aromatic rings. The molecular weight excluding hydrogens is 238 g/mol. The minimum absolute atomic E-state index is 0.0223. The molecule has 1 unspecified atom stereocenters. The van der Waals surface area contributed by atoms with E-state index in [9.17, 15) is 4.79 Å². The van der Waals surface area contributed by atoms with Crippen LogP contribution in [0.5, 0.6) is 0 Å². The summed E-state index contributed by atoms with van der Waals surface area (Å²) in [7, 11) is 0. The molecule has 4 nitrogen and oxygen atoms in total. The van der Waals surface area contributed by atoms with Crippen LogP contribution in [-0.4, -0.2) is 34.0 Å². The summed E-state index contributed by atoms with van der Waals surface area (Å²) in [5, 5.41) is 3.27. The van der Waals surface area contributed by atoms with Crippen LogP contribution in [0.3, 0.4) is 0 Å². The smallest absolute Gasteiger partial charge is 0.237 e. The SMILES string of the molecule is Cc1ccc2n1CCN(C(=O)CNC(C)(C)C)C2C. The molecule has 1 aliphatic heterocycles. The molecule has 0 fully saturated rings. The summed E-state index contributed by atoms with van der Waals surface area (Å²) in [5.74, 6) is 0.188. The van der Waals surface area contributed by atoms with Gasteiger partial charge in [-0.05, 0) is 46.8 Å². The third kappa shape index (κ3) is 3.00. The maximum Gasteiger partial charge on any atom is 0.237 e. The molecule has 19 heavy (non-hydrogen) atoms. The summed E-state index contributed by atoms with van der Waals surface area (Å²) >= 11 is 0. The molecule has 106 valence electrons. The molecule has 0 radical (unpaired) electrons. The summed E-state index contributed by atoms with van der Waals surface area (Å²) in [5.41, 5.74) is 2.50. The van der Waals surface area contributed by atoms with Crippen LogP contribution >= 0.6 is 0 Å². The maximum atomic E-state index is 12.3. The van der Waals surface area contributed by atoms with Gasteiger partial charge in [-0.25, -0.2) is 0 Å². The first-order valence-corrected chi connectivity index (χ1v) is 7.00. The highest BCUT2D eigenvalue weighted by Crippen LogP contribution is 2.27. The molecule has 2 heterocycles. The highest BCUT2D eigenvalue weighted by atomic mass is 16.2. The van der Waals surface area contributed by atoms with Crippen LogP contribution in [0.4, 0.5) is 0 Å². The van der Waals surface area contributed by atoms with E-state index in [2.05, 4.69) is 56.6 Å². The quantitative estimate of drug-likeness (QED) is 0.887. The van der Waals surface area contributed by atoms with Gasteiger partial charge in [-0.15, -0.1) is 0 Å². The average Bonchev–Trinajstić information content (AvgIpc) is 2.69. The molecular formula is C15H25N3O. The second-order valence-corrected chi connectivity index (χ2v) is 6.42. The molecule has 0 saturated heterocycles. The molecule has 2 rings (SSSR count). The van der Waals surface area contributed by atoms with Crippen molar-refractivity contribution in [1.82, 2.24) is 14.8 Å². The number of nitrogens with one attached hydrogen (secondary N) is 1. The fourth-order valence-electron chi connectivity index (χ4n) is 2.60. The second-order valence-electron chi connectivity index (χ2n) is 6.42. The maximum absolute atomic E-state index is 12.3. The fourth-order valence-corrected chi connectivity index (χ4v) is 2.60. The zero-order valence-electron chi connectivity index (χ0n) is 12.7. The normalized spacial score (nSPS) is 19.4. The third-order valence-corrected chi connectivity index (χ3v) is 3.78. The number of hydrogen-bond acceptors (Lipinski definition) is 2. The van der Waals surface area contributed by atoms with E-state index >= 15 is 0 Å². The van der Waals surface area contributed by atoms with E-state index in [1.54, 1.807) is 0 Å². The standard InChI is InChI=1S/C15H25N3O/c1-11-6-7-13-12(2)18(9-8-17(11)13)14(19)10-16-15(3,4)5/h6-7,12,16H,8-10H2,1-5H3. The number of carbonyl (C=O) groups is 1. The van der Waals surface area contributed by atoms with Crippen LogP contribution in [0.25, 0.3) is 0 Å². The van der Waals surface area contributed by atoms with Gasteiger partial charge in [-0.1, -0.05) is 0 Å². The van der Waals surface area contributed by atoms with Crippen molar-refractivity contribution < 1.29 is 4.79 Å². The largest absolute Gasteiger partial charge is 0.345 e. The van der Waals surface area contributed by atoms with Gasteiger partial charge in [0.2, 0.25) is 5.91 Å². The van der Waals surface area contributed by atoms with Crippen LogP contribution in [-0.2, 0) is 11.3 Å². The molecule has 0 aliphatic carbocycles.